The van der Waals surface area contributed by atoms with Crippen molar-refractivity contribution in [1.82, 2.24) is 0 Å². The molecule has 1 N–H and O–H groups in total. The second-order valence-electron chi connectivity index (χ2n) is 6.70. The highest BCUT2D eigenvalue weighted by atomic mass is 32.3. The van der Waals surface area contributed by atoms with Gasteiger partial charge < -0.3 is 9.66 Å². The number of unbranched alkanes of at least 4 members (excludes halogenated alkanes) is 11. The van der Waals surface area contributed by atoms with Crippen molar-refractivity contribution < 1.29 is 22.3 Å². The van der Waals surface area contributed by atoms with Crippen molar-refractivity contribution in [3.63, 3.8) is 0 Å². The molecule has 0 aromatic rings. The van der Waals surface area contributed by atoms with E-state index in [4.69, 9.17) is 0 Å². The fraction of sp³-hybridized carbons (Fsp3) is 1.00. The normalized spacial score (nSPS) is 13.3. The Kier molecular flexibility index (Phi) is 16.2. The second-order valence-corrected chi connectivity index (χ2v) is 7.76. The third kappa shape index (κ3) is 19.9. The maximum Gasteiger partial charge on any atom is 0.217 e. The van der Waals surface area contributed by atoms with Crippen molar-refractivity contribution in [2.75, 3.05) is 6.61 Å². The highest BCUT2D eigenvalue weighted by molar-refractivity contribution is 7.80. The van der Waals surface area contributed by atoms with E-state index in [1.165, 1.54) is 44.9 Å². The molecule has 24 heavy (non-hydrogen) atoms. The molecule has 0 bridgehead atoms. The number of hydrogen-bond donors (Lipinski definition) is 1. The van der Waals surface area contributed by atoms with E-state index in [2.05, 4.69) is 11.1 Å². The number of hydrogen-bond acceptors (Lipinski definition) is 5. The first kappa shape index (κ1) is 23.8. The molecule has 0 fully saturated rings. The number of rotatable bonds is 18. The van der Waals surface area contributed by atoms with Crippen LogP contribution in [0.1, 0.15) is 103 Å². The number of aliphatic hydroxyl groups is 1. The molecule has 0 aromatic heterocycles. The van der Waals surface area contributed by atoms with E-state index in [-0.39, 0.29) is 12.7 Å². The lowest BCUT2D eigenvalue weighted by Crippen LogP contribution is -2.05. The van der Waals surface area contributed by atoms with Crippen molar-refractivity contribution in [2.24, 2.45) is 0 Å². The van der Waals surface area contributed by atoms with Crippen molar-refractivity contribution in [2.45, 2.75) is 109 Å². The van der Waals surface area contributed by atoms with Crippen molar-refractivity contribution in [1.29, 1.82) is 0 Å². The summed E-state index contributed by atoms with van der Waals surface area (Å²) >= 11 is 0. The molecule has 0 aromatic carbocycles. The van der Waals surface area contributed by atoms with E-state index >= 15 is 0 Å². The minimum atomic E-state index is -4.52. The monoisotopic (exact) mass is 365 g/mol. The van der Waals surface area contributed by atoms with Gasteiger partial charge in [-0.3, -0.25) is 4.18 Å². The molecule has 0 radical (unpaired) electrons. The van der Waals surface area contributed by atoms with E-state index in [0.29, 0.717) is 6.42 Å². The average molecular weight is 366 g/mol. The SMILES string of the molecule is CCCCCCC(O)CCCCCCCCCCCOS(=O)(=O)[O-]. The summed E-state index contributed by atoms with van der Waals surface area (Å²) in [5.74, 6) is 0. The van der Waals surface area contributed by atoms with Gasteiger partial charge >= 0.3 is 0 Å². The van der Waals surface area contributed by atoms with E-state index < -0.39 is 10.4 Å². The summed E-state index contributed by atoms with van der Waals surface area (Å²) in [6.07, 6.45) is 16.4. The van der Waals surface area contributed by atoms with Crippen LogP contribution < -0.4 is 0 Å². The molecule has 0 amide bonds. The molecule has 0 heterocycles. The Balaban J connectivity index is 3.17. The molecule has 0 aliphatic heterocycles. The zero-order valence-electron chi connectivity index (χ0n) is 15.4. The second kappa shape index (κ2) is 16.3. The van der Waals surface area contributed by atoms with Gasteiger partial charge in [-0.25, -0.2) is 8.42 Å². The Morgan fingerprint density at radius 3 is 1.67 bits per heavy atom. The fourth-order valence-electron chi connectivity index (χ4n) is 2.83. The predicted molar refractivity (Wildman–Crippen MR) is 96.6 cm³/mol. The minimum absolute atomic E-state index is 0.00655. The van der Waals surface area contributed by atoms with Gasteiger partial charge in [-0.1, -0.05) is 84.0 Å². The van der Waals surface area contributed by atoms with Crippen LogP contribution in [0, 0.1) is 0 Å². The Bertz CT molecular complexity index is 356. The maximum absolute atomic E-state index is 10.2. The van der Waals surface area contributed by atoms with Crippen LogP contribution in [-0.2, 0) is 14.6 Å². The van der Waals surface area contributed by atoms with Gasteiger partial charge in [0.2, 0.25) is 10.4 Å². The zero-order chi connectivity index (χ0) is 18.1. The Labute approximate surface area is 149 Å². The zero-order valence-corrected chi connectivity index (χ0v) is 16.2. The molecule has 146 valence electrons. The molecule has 0 spiro atoms. The van der Waals surface area contributed by atoms with Crippen LogP contribution in [0.4, 0.5) is 0 Å². The summed E-state index contributed by atoms with van der Waals surface area (Å²) in [6, 6.07) is 0. The molecule has 0 aliphatic carbocycles. The summed E-state index contributed by atoms with van der Waals surface area (Å²) in [5, 5.41) is 9.87. The van der Waals surface area contributed by atoms with Crippen LogP contribution >= 0.6 is 0 Å². The van der Waals surface area contributed by atoms with Crippen LogP contribution in [0.5, 0.6) is 0 Å². The van der Waals surface area contributed by atoms with Crippen molar-refractivity contribution in [3.8, 4) is 0 Å². The molecule has 5 nitrogen and oxygen atoms in total. The van der Waals surface area contributed by atoms with E-state index in [9.17, 15) is 18.1 Å². The van der Waals surface area contributed by atoms with Gasteiger partial charge in [0.25, 0.3) is 0 Å². The lowest BCUT2D eigenvalue weighted by Gasteiger charge is -2.10. The quantitative estimate of drug-likeness (QED) is 0.216. The molecule has 0 saturated carbocycles. The van der Waals surface area contributed by atoms with E-state index in [0.717, 1.165) is 44.9 Å². The van der Waals surface area contributed by atoms with Gasteiger partial charge in [0.15, 0.2) is 0 Å². The highest BCUT2D eigenvalue weighted by Crippen LogP contribution is 2.14. The van der Waals surface area contributed by atoms with Crippen LogP contribution in [-0.4, -0.2) is 30.8 Å². The third-order valence-corrected chi connectivity index (χ3v) is 4.76. The first-order valence-corrected chi connectivity index (χ1v) is 11.1. The maximum atomic E-state index is 10.2. The molecule has 1 atom stereocenters. The van der Waals surface area contributed by atoms with Gasteiger partial charge in [0.1, 0.15) is 0 Å². The van der Waals surface area contributed by atoms with Gasteiger partial charge in [-0.2, -0.15) is 0 Å². The third-order valence-electron chi connectivity index (χ3n) is 4.30. The molecule has 0 saturated heterocycles. The largest absolute Gasteiger partial charge is 0.726 e. The summed E-state index contributed by atoms with van der Waals surface area (Å²) in [4.78, 5) is 0. The molecule has 0 aliphatic rings. The van der Waals surface area contributed by atoms with Gasteiger partial charge in [-0.15, -0.1) is 0 Å². The summed E-state index contributed by atoms with van der Waals surface area (Å²) < 4.78 is 34.8. The molecular weight excluding hydrogens is 328 g/mol. The predicted octanol–water partition coefficient (Wildman–Crippen LogP) is 4.70. The van der Waals surface area contributed by atoms with Crippen molar-refractivity contribution in [3.05, 3.63) is 0 Å². The van der Waals surface area contributed by atoms with Gasteiger partial charge in [0, 0.05) is 0 Å². The van der Waals surface area contributed by atoms with Crippen molar-refractivity contribution >= 4 is 10.4 Å². The average Bonchev–Trinajstić information content (AvgIpc) is 2.51. The summed E-state index contributed by atoms with van der Waals surface area (Å²) in [6.45, 7) is 2.21. The fourth-order valence-corrected chi connectivity index (χ4v) is 3.15. The van der Waals surface area contributed by atoms with E-state index in [1.54, 1.807) is 0 Å². The number of aliphatic hydroxyl groups excluding tert-OH is 1. The van der Waals surface area contributed by atoms with Crippen LogP contribution in [0.3, 0.4) is 0 Å². The van der Waals surface area contributed by atoms with Crippen LogP contribution in [0.2, 0.25) is 0 Å². The Morgan fingerprint density at radius 2 is 1.21 bits per heavy atom. The topological polar surface area (TPSA) is 86.7 Å². The highest BCUT2D eigenvalue weighted by Gasteiger charge is 2.03. The van der Waals surface area contributed by atoms with Crippen LogP contribution in [0.15, 0.2) is 0 Å². The minimum Gasteiger partial charge on any atom is -0.726 e. The Hall–Kier alpha value is -0.170. The molecule has 1 unspecified atom stereocenters. The first-order valence-electron chi connectivity index (χ1n) is 9.74. The van der Waals surface area contributed by atoms with Crippen LogP contribution in [0.25, 0.3) is 0 Å². The molecule has 0 rings (SSSR count). The molecule has 6 heteroatoms. The summed E-state index contributed by atoms with van der Waals surface area (Å²) in [5.41, 5.74) is 0. The Morgan fingerprint density at radius 1 is 0.792 bits per heavy atom. The first-order chi connectivity index (χ1) is 11.5. The van der Waals surface area contributed by atoms with Gasteiger partial charge in [-0.05, 0) is 19.3 Å². The summed E-state index contributed by atoms with van der Waals surface area (Å²) in [7, 11) is -4.52. The molecular formula is C18H37O5S-. The van der Waals surface area contributed by atoms with Gasteiger partial charge in [0.05, 0.1) is 12.7 Å². The standard InChI is InChI=1S/C18H38O5S/c1-2-3-4-12-15-18(19)16-13-10-8-6-5-7-9-11-14-17-23-24(20,21)22/h18-19H,2-17H2,1H3,(H,20,21,22)/p-1. The van der Waals surface area contributed by atoms with E-state index in [1.807, 2.05) is 0 Å². The smallest absolute Gasteiger partial charge is 0.217 e. The lowest BCUT2D eigenvalue weighted by molar-refractivity contribution is 0.147. The lowest BCUT2D eigenvalue weighted by atomic mass is 10.0.